The molecule has 1 aliphatic rings. The van der Waals surface area contributed by atoms with Gasteiger partial charge in [-0.1, -0.05) is 13.3 Å². The van der Waals surface area contributed by atoms with Crippen LogP contribution in [0.2, 0.25) is 0 Å². The Balaban J connectivity index is 2.07. The highest BCUT2D eigenvalue weighted by Gasteiger charge is 2.21. The quantitative estimate of drug-likeness (QED) is 0.480. The third-order valence-electron chi connectivity index (χ3n) is 2.78. The Hall–Kier alpha value is -0.160. The fourth-order valence-electron chi connectivity index (χ4n) is 1.86. The van der Waals surface area contributed by atoms with Gasteiger partial charge in [-0.05, 0) is 19.3 Å². The zero-order chi connectivity index (χ0) is 10.9. The molecule has 1 atom stereocenters. The van der Waals surface area contributed by atoms with Crippen molar-refractivity contribution in [3.8, 4) is 0 Å². The van der Waals surface area contributed by atoms with E-state index in [0.29, 0.717) is 26.0 Å². The van der Waals surface area contributed by atoms with Gasteiger partial charge in [0.15, 0.2) is 6.79 Å². The van der Waals surface area contributed by atoms with Crippen LogP contribution in [0.15, 0.2) is 0 Å². The van der Waals surface area contributed by atoms with Gasteiger partial charge in [0, 0.05) is 19.7 Å². The van der Waals surface area contributed by atoms with E-state index in [9.17, 15) is 0 Å². The molecule has 0 aliphatic carbocycles. The summed E-state index contributed by atoms with van der Waals surface area (Å²) < 4.78 is 10.2. The molecular weight excluding hydrogens is 194 g/mol. The molecule has 1 fully saturated rings. The van der Waals surface area contributed by atoms with Gasteiger partial charge in [-0.25, -0.2) is 0 Å². The van der Waals surface area contributed by atoms with Gasteiger partial charge < -0.3 is 9.47 Å². The van der Waals surface area contributed by atoms with E-state index >= 15 is 0 Å². The van der Waals surface area contributed by atoms with Crippen LogP contribution in [0.4, 0.5) is 0 Å². The number of nitrogens with zero attached hydrogens (tertiary/aromatic N) is 1. The van der Waals surface area contributed by atoms with Crippen molar-refractivity contribution in [2.24, 2.45) is 0 Å². The van der Waals surface area contributed by atoms with Gasteiger partial charge in [-0.3, -0.25) is 4.84 Å². The highest BCUT2D eigenvalue weighted by molar-refractivity contribution is 4.69. The summed E-state index contributed by atoms with van der Waals surface area (Å²) in [6, 6.07) is 0.574. The van der Waals surface area contributed by atoms with Gasteiger partial charge in [0.1, 0.15) is 0 Å². The average molecular weight is 217 g/mol. The summed E-state index contributed by atoms with van der Waals surface area (Å²) in [5, 5.41) is 2.08. The van der Waals surface area contributed by atoms with Gasteiger partial charge >= 0.3 is 0 Å². The molecule has 0 aromatic carbocycles. The van der Waals surface area contributed by atoms with E-state index in [2.05, 4.69) is 12.0 Å². The van der Waals surface area contributed by atoms with Crippen LogP contribution in [-0.2, 0) is 14.3 Å². The van der Waals surface area contributed by atoms with E-state index in [1.165, 1.54) is 19.3 Å². The van der Waals surface area contributed by atoms with Crippen molar-refractivity contribution in [3.05, 3.63) is 0 Å². The molecule has 1 saturated heterocycles. The summed E-state index contributed by atoms with van der Waals surface area (Å²) >= 11 is 0. The number of rotatable bonds is 7. The lowest BCUT2D eigenvalue weighted by atomic mass is 10.0. The van der Waals surface area contributed by atoms with E-state index in [0.717, 1.165) is 13.0 Å². The fraction of sp³-hybridized carbons (Fsp3) is 1.00. The standard InChI is InChI=1S/C11H23NO3/c1-3-11-6-4-5-7-12(11)15-10-14-9-8-13-2/h11H,3-10H2,1-2H3. The molecule has 0 radical (unpaired) electrons. The minimum Gasteiger partial charge on any atom is -0.382 e. The number of piperidine rings is 1. The molecule has 1 aliphatic heterocycles. The second-order valence-corrected chi connectivity index (χ2v) is 3.85. The summed E-state index contributed by atoms with van der Waals surface area (Å²) in [6.07, 6.45) is 4.95. The van der Waals surface area contributed by atoms with Gasteiger partial charge in [-0.2, -0.15) is 5.06 Å². The van der Waals surface area contributed by atoms with Crippen molar-refractivity contribution in [1.29, 1.82) is 0 Å². The maximum absolute atomic E-state index is 5.59. The fourth-order valence-corrected chi connectivity index (χ4v) is 1.86. The minimum absolute atomic E-state index is 0.347. The molecule has 90 valence electrons. The molecule has 1 unspecified atom stereocenters. The zero-order valence-corrected chi connectivity index (χ0v) is 9.91. The van der Waals surface area contributed by atoms with Crippen molar-refractivity contribution in [2.45, 2.75) is 38.6 Å². The number of hydrogen-bond acceptors (Lipinski definition) is 4. The number of ether oxygens (including phenoxy) is 2. The summed E-state index contributed by atoms with van der Waals surface area (Å²) in [7, 11) is 1.67. The van der Waals surface area contributed by atoms with E-state index in [4.69, 9.17) is 14.3 Å². The van der Waals surface area contributed by atoms with Crippen LogP contribution in [0.5, 0.6) is 0 Å². The van der Waals surface area contributed by atoms with Crippen molar-refractivity contribution < 1.29 is 14.3 Å². The smallest absolute Gasteiger partial charge is 0.167 e. The highest BCUT2D eigenvalue weighted by Crippen LogP contribution is 2.19. The van der Waals surface area contributed by atoms with Crippen LogP contribution >= 0.6 is 0 Å². The number of hydroxylamine groups is 2. The number of methoxy groups -OCH3 is 1. The topological polar surface area (TPSA) is 30.9 Å². The maximum Gasteiger partial charge on any atom is 0.167 e. The molecule has 0 amide bonds. The average Bonchev–Trinajstić information content (AvgIpc) is 2.29. The molecule has 0 saturated carbocycles. The molecule has 4 heteroatoms. The van der Waals surface area contributed by atoms with Crippen LogP contribution in [-0.4, -0.2) is 44.8 Å². The molecule has 1 heterocycles. The maximum atomic E-state index is 5.59. The molecule has 0 aromatic heterocycles. The molecule has 15 heavy (non-hydrogen) atoms. The van der Waals surface area contributed by atoms with Gasteiger partial charge in [0.25, 0.3) is 0 Å². The Morgan fingerprint density at radius 2 is 2.13 bits per heavy atom. The van der Waals surface area contributed by atoms with E-state index in [-0.39, 0.29) is 0 Å². The normalized spacial score (nSPS) is 23.2. The largest absolute Gasteiger partial charge is 0.382 e. The predicted octanol–water partition coefficient (Wildman–Crippen LogP) is 1.80. The summed E-state index contributed by atoms with van der Waals surface area (Å²) in [4.78, 5) is 5.59. The SMILES string of the molecule is CCC1CCCCN1OCOCCOC. The van der Waals surface area contributed by atoms with Crippen molar-refractivity contribution in [2.75, 3.05) is 33.7 Å². The third kappa shape index (κ3) is 4.93. The minimum atomic E-state index is 0.347. The van der Waals surface area contributed by atoms with E-state index < -0.39 is 0 Å². The summed E-state index contributed by atoms with van der Waals surface area (Å²) in [6.45, 7) is 4.81. The Kier molecular flexibility index (Phi) is 6.92. The molecule has 0 aromatic rings. The van der Waals surface area contributed by atoms with Crippen LogP contribution in [0.1, 0.15) is 32.6 Å². The Bertz CT molecular complexity index is 155. The van der Waals surface area contributed by atoms with Crippen LogP contribution in [0.3, 0.4) is 0 Å². The lowest BCUT2D eigenvalue weighted by Crippen LogP contribution is -2.39. The summed E-state index contributed by atoms with van der Waals surface area (Å²) in [5.74, 6) is 0. The van der Waals surface area contributed by atoms with Gasteiger partial charge in [0.2, 0.25) is 0 Å². The molecule has 1 rings (SSSR count). The van der Waals surface area contributed by atoms with Gasteiger partial charge in [-0.15, -0.1) is 0 Å². The van der Waals surface area contributed by atoms with Gasteiger partial charge in [0.05, 0.1) is 13.2 Å². The molecule has 0 spiro atoms. The first kappa shape index (κ1) is 12.9. The molecule has 4 nitrogen and oxygen atoms in total. The van der Waals surface area contributed by atoms with Crippen LogP contribution in [0.25, 0.3) is 0 Å². The Labute approximate surface area is 92.4 Å². The second kappa shape index (κ2) is 8.05. The van der Waals surface area contributed by atoms with Crippen LogP contribution in [0, 0.1) is 0 Å². The first-order valence-corrected chi connectivity index (χ1v) is 5.84. The summed E-state index contributed by atoms with van der Waals surface area (Å²) in [5.41, 5.74) is 0. The lowest BCUT2D eigenvalue weighted by Gasteiger charge is -2.33. The monoisotopic (exact) mass is 217 g/mol. The first-order valence-electron chi connectivity index (χ1n) is 5.84. The number of hydrogen-bond donors (Lipinski definition) is 0. The van der Waals surface area contributed by atoms with E-state index in [1.807, 2.05) is 0 Å². The van der Waals surface area contributed by atoms with Crippen molar-refractivity contribution >= 4 is 0 Å². The van der Waals surface area contributed by atoms with Crippen molar-refractivity contribution in [3.63, 3.8) is 0 Å². The zero-order valence-electron chi connectivity index (χ0n) is 9.91. The highest BCUT2D eigenvalue weighted by atomic mass is 16.8. The second-order valence-electron chi connectivity index (χ2n) is 3.85. The predicted molar refractivity (Wildman–Crippen MR) is 58.4 cm³/mol. The first-order chi connectivity index (χ1) is 7.38. The molecular formula is C11H23NO3. The molecule has 0 N–H and O–H groups in total. The Morgan fingerprint density at radius 1 is 1.27 bits per heavy atom. The van der Waals surface area contributed by atoms with E-state index in [1.54, 1.807) is 7.11 Å². The third-order valence-corrected chi connectivity index (χ3v) is 2.78. The Morgan fingerprint density at radius 3 is 2.87 bits per heavy atom. The lowest BCUT2D eigenvalue weighted by molar-refractivity contribution is -0.253. The molecule has 0 bridgehead atoms. The van der Waals surface area contributed by atoms with Crippen molar-refractivity contribution in [1.82, 2.24) is 5.06 Å². The van der Waals surface area contributed by atoms with Crippen LogP contribution < -0.4 is 0 Å².